The summed E-state index contributed by atoms with van der Waals surface area (Å²) in [6, 6.07) is 14.3. The van der Waals surface area contributed by atoms with Gasteiger partial charge in [-0.25, -0.2) is 27.0 Å². The maximum Gasteiger partial charge on any atom is 0.335 e. The summed E-state index contributed by atoms with van der Waals surface area (Å²) < 4.78 is 54.5. The summed E-state index contributed by atoms with van der Waals surface area (Å²) in [5, 5.41) is 10.3. The number of aromatic amines is 1. The summed E-state index contributed by atoms with van der Waals surface area (Å²) >= 11 is 0. The van der Waals surface area contributed by atoms with Crippen LogP contribution in [0.2, 0.25) is 0 Å². The molecule has 0 unspecified atom stereocenters. The molecule has 0 radical (unpaired) electrons. The number of carboxylic acids is 1. The fourth-order valence-corrected chi connectivity index (χ4v) is 4.62. The molecule has 0 spiro atoms. The fourth-order valence-electron chi connectivity index (χ4n) is 4.06. The fraction of sp³-hybridized carbons (Fsp3) is 0.0385. The molecule has 0 atom stereocenters. The van der Waals surface area contributed by atoms with Crippen LogP contribution in [0.25, 0.3) is 33.1 Å². The Bertz CT molecular complexity index is 1850. The molecule has 2 aromatic heterocycles. The van der Waals surface area contributed by atoms with E-state index in [1.807, 2.05) is 10.8 Å². The van der Waals surface area contributed by atoms with Crippen LogP contribution in [0.5, 0.6) is 0 Å². The van der Waals surface area contributed by atoms with E-state index in [0.29, 0.717) is 27.5 Å². The maximum atomic E-state index is 15.0. The standard InChI is InChI=1S/C26H17F2N3O5S/c1-37(35,36)31-21-9-7-19(27)22(23(21)28)24(32)15-6-8-20-17(10-15)18-11-16(12-29-25(18)30-20)13-2-4-14(5-3-13)26(33)34/h2-12,31H,1H3,(H,29,30)(H,33,34). The lowest BCUT2D eigenvalue weighted by Gasteiger charge is -2.10. The number of anilines is 1. The molecule has 186 valence electrons. The van der Waals surface area contributed by atoms with Gasteiger partial charge in [0.15, 0.2) is 11.6 Å². The third-order valence-corrected chi connectivity index (χ3v) is 6.38. The summed E-state index contributed by atoms with van der Waals surface area (Å²) in [6.07, 6.45) is 2.43. The van der Waals surface area contributed by atoms with Gasteiger partial charge in [-0.05, 0) is 54.1 Å². The Morgan fingerprint density at radius 1 is 0.919 bits per heavy atom. The van der Waals surface area contributed by atoms with E-state index in [1.54, 1.807) is 24.4 Å². The van der Waals surface area contributed by atoms with Gasteiger partial charge in [-0.1, -0.05) is 12.1 Å². The van der Waals surface area contributed by atoms with E-state index < -0.39 is 44.7 Å². The van der Waals surface area contributed by atoms with Gasteiger partial charge in [-0.3, -0.25) is 9.52 Å². The van der Waals surface area contributed by atoms with Gasteiger partial charge in [0.05, 0.1) is 23.1 Å². The molecular formula is C26H17F2N3O5S. The SMILES string of the molecule is CS(=O)(=O)Nc1ccc(F)c(C(=O)c2ccc3[nH]c4ncc(-c5ccc(C(=O)O)cc5)cc4c3c2)c1F. The third kappa shape index (κ3) is 4.52. The molecule has 0 amide bonds. The monoisotopic (exact) mass is 521 g/mol. The van der Waals surface area contributed by atoms with Crippen LogP contribution in [0, 0.1) is 11.6 Å². The molecule has 37 heavy (non-hydrogen) atoms. The predicted octanol–water partition coefficient (Wildman–Crippen LogP) is 4.96. The molecule has 2 heterocycles. The Morgan fingerprint density at radius 3 is 2.30 bits per heavy atom. The summed E-state index contributed by atoms with van der Waals surface area (Å²) in [6.45, 7) is 0. The highest BCUT2D eigenvalue weighted by Crippen LogP contribution is 2.31. The molecule has 5 aromatic rings. The lowest BCUT2D eigenvalue weighted by atomic mass is 9.99. The van der Waals surface area contributed by atoms with Crippen molar-refractivity contribution in [3.8, 4) is 11.1 Å². The predicted molar refractivity (Wildman–Crippen MR) is 134 cm³/mol. The molecule has 5 rings (SSSR count). The minimum atomic E-state index is -3.86. The third-order valence-electron chi connectivity index (χ3n) is 5.79. The second-order valence-corrected chi connectivity index (χ2v) is 10.1. The van der Waals surface area contributed by atoms with Crippen LogP contribution >= 0.6 is 0 Å². The topological polar surface area (TPSA) is 129 Å². The number of H-pyrrole nitrogens is 1. The maximum absolute atomic E-state index is 15.0. The average Bonchev–Trinajstić information content (AvgIpc) is 3.22. The number of aromatic nitrogens is 2. The van der Waals surface area contributed by atoms with Gasteiger partial charge in [0.2, 0.25) is 10.0 Å². The Kier molecular flexibility index (Phi) is 5.72. The number of carbonyl (C=O) groups is 2. The molecule has 0 fully saturated rings. The number of pyridine rings is 1. The number of carbonyl (C=O) groups excluding carboxylic acids is 1. The van der Waals surface area contributed by atoms with E-state index in [4.69, 9.17) is 5.11 Å². The summed E-state index contributed by atoms with van der Waals surface area (Å²) in [5.41, 5.74) is 1.27. The van der Waals surface area contributed by atoms with Crippen molar-refractivity contribution in [3.05, 3.63) is 95.2 Å². The highest BCUT2D eigenvalue weighted by molar-refractivity contribution is 7.92. The Labute approximate surface area is 208 Å². The molecule has 0 bridgehead atoms. The first-order valence-electron chi connectivity index (χ1n) is 10.8. The smallest absolute Gasteiger partial charge is 0.335 e. The van der Waals surface area contributed by atoms with Crippen LogP contribution in [0.4, 0.5) is 14.5 Å². The van der Waals surface area contributed by atoms with Gasteiger partial charge in [0, 0.05) is 33.6 Å². The van der Waals surface area contributed by atoms with E-state index in [1.165, 1.54) is 24.3 Å². The number of halogens is 2. The minimum Gasteiger partial charge on any atom is -0.478 e. The van der Waals surface area contributed by atoms with Gasteiger partial charge >= 0.3 is 5.97 Å². The second kappa shape index (κ2) is 8.79. The Balaban J connectivity index is 1.59. The highest BCUT2D eigenvalue weighted by atomic mass is 32.2. The van der Waals surface area contributed by atoms with Crippen LogP contribution in [0.1, 0.15) is 26.3 Å². The first-order chi connectivity index (χ1) is 17.5. The molecular weight excluding hydrogens is 504 g/mol. The Hall–Kier alpha value is -4.64. The van der Waals surface area contributed by atoms with Crippen molar-refractivity contribution < 1.29 is 31.9 Å². The average molecular weight is 522 g/mol. The van der Waals surface area contributed by atoms with Crippen molar-refractivity contribution in [2.75, 3.05) is 11.0 Å². The highest BCUT2D eigenvalue weighted by Gasteiger charge is 2.24. The van der Waals surface area contributed by atoms with Crippen LogP contribution in [0.15, 0.2) is 66.9 Å². The molecule has 0 saturated carbocycles. The quantitative estimate of drug-likeness (QED) is 0.271. The van der Waals surface area contributed by atoms with Gasteiger partial charge in [0.1, 0.15) is 11.5 Å². The van der Waals surface area contributed by atoms with Crippen LogP contribution < -0.4 is 4.72 Å². The zero-order chi connectivity index (χ0) is 26.5. The number of hydrogen-bond donors (Lipinski definition) is 3. The molecule has 3 N–H and O–H groups in total. The van der Waals surface area contributed by atoms with Crippen molar-refractivity contribution in [1.29, 1.82) is 0 Å². The Morgan fingerprint density at radius 2 is 1.62 bits per heavy atom. The number of benzene rings is 3. The molecule has 0 aliphatic rings. The molecule has 8 nitrogen and oxygen atoms in total. The normalized spacial score (nSPS) is 11.6. The van der Waals surface area contributed by atoms with Crippen LogP contribution in [0.3, 0.4) is 0 Å². The molecule has 11 heteroatoms. The lowest BCUT2D eigenvalue weighted by Crippen LogP contribution is -2.14. The first-order valence-corrected chi connectivity index (χ1v) is 12.7. The number of hydrogen-bond acceptors (Lipinski definition) is 5. The number of nitrogens with one attached hydrogen (secondary N) is 2. The van der Waals surface area contributed by atoms with E-state index in [-0.39, 0.29) is 11.1 Å². The van der Waals surface area contributed by atoms with Crippen molar-refractivity contribution in [2.45, 2.75) is 0 Å². The number of sulfonamides is 1. The van der Waals surface area contributed by atoms with Crippen molar-refractivity contribution in [3.63, 3.8) is 0 Å². The van der Waals surface area contributed by atoms with Crippen molar-refractivity contribution >= 4 is 49.4 Å². The second-order valence-electron chi connectivity index (χ2n) is 8.38. The van der Waals surface area contributed by atoms with E-state index in [0.717, 1.165) is 24.0 Å². The van der Waals surface area contributed by atoms with Gasteiger partial charge < -0.3 is 10.1 Å². The van der Waals surface area contributed by atoms with E-state index in [2.05, 4.69) is 9.97 Å². The summed E-state index contributed by atoms with van der Waals surface area (Å²) in [7, 11) is -3.86. The summed E-state index contributed by atoms with van der Waals surface area (Å²) in [4.78, 5) is 31.8. The zero-order valence-electron chi connectivity index (χ0n) is 19.0. The van der Waals surface area contributed by atoms with Crippen LogP contribution in [-0.4, -0.2) is 41.5 Å². The molecule has 3 aromatic carbocycles. The van der Waals surface area contributed by atoms with Gasteiger partial charge in [0.25, 0.3) is 0 Å². The number of fused-ring (bicyclic) bond motifs is 3. The molecule has 0 saturated heterocycles. The number of carboxylic acid groups (broad SMARTS) is 1. The largest absolute Gasteiger partial charge is 0.478 e. The summed E-state index contributed by atoms with van der Waals surface area (Å²) in [5.74, 6) is -4.45. The molecule has 0 aliphatic heterocycles. The number of nitrogens with zero attached hydrogens (tertiary/aromatic N) is 1. The first kappa shape index (κ1) is 24.1. The zero-order valence-corrected chi connectivity index (χ0v) is 19.9. The van der Waals surface area contributed by atoms with E-state index >= 15 is 0 Å². The minimum absolute atomic E-state index is 0.0149. The van der Waals surface area contributed by atoms with Crippen molar-refractivity contribution in [2.24, 2.45) is 0 Å². The molecule has 0 aliphatic carbocycles. The number of ketones is 1. The van der Waals surface area contributed by atoms with Crippen LogP contribution in [-0.2, 0) is 10.0 Å². The van der Waals surface area contributed by atoms with Crippen molar-refractivity contribution in [1.82, 2.24) is 9.97 Å². The van der Waals surface area contributed by atoms with Gasteiger partial charge in [-0.15, -0.1) is 0 Å². The lowest BCUT2D eigenvalue weighted by molar-refractivity contribution is 0.0696. The number of rotatable bonds is 6. The van der Waals surface area contributed by atoms with E-state index in [9.17, 15) is 26.8 Å². The van der Waals surface area contributed by atoms with Gasteiger partial charge in [-0.2, -0.15) is 0 Å². The number of aromatic carboxylic acids is 1.